The largest absolute Gasteiger partial charge is 0.339 e. The van der Waals surface area contributed by atoms with E-state index in [2.05, 4.69) is 51.7 Å². The number of hydrogen-bond acceptors (Lipinski definition) is 3. The van der Waals surface area contributed by atoms with E-state index < -0.39 is 0 Å². The van der Waals surface area contributed by atoms with E-state index in [1.165, 1.54) is 5.56 Å². The highest BCUT2D eigenvalue weighted by molar-refractivity contribution is 7.08. The first-order valence-electron chi connectivity index (χ1n) is 7.15. The van der Waals surface area contributed by atoms with Gasteiger partial charge in [-0.3, -0.25) is 4.40 Å². The third kappa shape index (κ3) is 2.18. The van der Waals surface area contributed by atoms with Gasteiger partial charge in [0.1, 0.15) is 17.2 Å². The number of nitrogens with one attached hydrogen (secondary N) is 1. The van der Waals surface area contributed by atoms with Crippen molar-refractivity contribution in [1.82, 2.24) is 9.38 Å². The number of pyridine rings is 1. The van der Waals surface area contributed by atoms with Crippen LogP contribution in [0.3, 0.4) is 0 Å². The van der Waals surface area contributed by atoms with Gasteiger partial charge in [-0.25, -0.2) is 4.98 Å². The van der Waals surface area contributed by atoms with Crippen molar-refractivity contribution in [2.24, 2.45) is 0 Å². The van der Waals surface area contributed by atoms with E-state index >= 15 is 0 Å². The van der Waals surface area contributed by atoms with Crippen LogP contribution in [-0.2, 0) is 0 Å². The summed E-state index contributed by atoms with van der Waals surface area (Å²) < 4.78 is 2.10. The predicted octanol–water partition coefficient (Wildman–Crippen LogP) is 5.11. The molecule has 0 saturated heterocycles. The highest BCUT2D eigenvalue weighted by Gasteiger charge is 2.14. The van der Waals surface area contributed by atoms with E-state index in [1.807, 2.05) is 30.5 Å². The minimum absolute atomic E-state index is 0.944. The van der Waals surface area contributed by atoms with Crippen LogP contribution in [-0.4, -0.2) is 9.38 Å². The standard InChI is InChI=1S/C18H15N3S/c1-13-6-2-3-7-15(13)19-18-17(14-9-11-22-12-14)20-16-8-4-5-10-21(16)18/h2-12,19H,1H3. The summed E-state index contributed by atoms with van der Waals surface area (Å²) in [6.45, 7) is 2.11. The van der Waals surface area contributed by atoms with Crippen molar-refractivity contribution in [2.75, 3.05) is 5.32 Å². The summed E-state index contributed by atoms with van der Waals surface area (Å²) in [5.41, 5.74) is 5.38. The zero-order chi connectivity index (χ0) is 14.9. The third-order valence-electron chi connectivity index (χ3n) is 3.72. The Hall–Kier alpha value is -2.59. The molecule has 4 rings (SSSR count). The number of imidazole rings is 1. The Morgan fingerprint density at radius 2 is 1.91 bits per heavy atom. The lowest BCUT2D eigenvalue weighted by molar-refractivity contribution is 1.18. The Morgan fingerprint density at radius 1 is 1.05 bits per heavy atom. The van der Waals surface area contributed by atoms with Crippen molar-refractivity contribution in [3.63, 3.8) is 0 Å². The molecule has 108 valence electrons. The molecule has 22 heavy (non-hydrogen) atoms. The summed E-state index contributed by atoms with van der Waals surface area (Å²) >= 11 is 1.69. The van der Waals surface area contributed by atoms with Gasteiger partial charge in [-0.15, -0.1) is 0 Å². The summed E-state index contributed by atoms with van der Waals surface area (Å²) in [6.07, 6.45) is 2.04. The molecule has 4 aromatic rings. The molecule has 0 aliphatic rings. The van der Waals surface area contributed by atoms with Gasteiger partial charge in [0.2, 0.25) is 0 Å². The van der Waals surface area contributed by atoms with Gasteiger partial charge in [0.15, 0.2) is 0 Å². The van der Waals surface area contributed by atoms with Crippen LogP contribution in [0.5, 0.6) is 0 Å². The second-order valence-corrected chi connectivity index (χ2v) is 5.97. The number of aromatic nitrogens is 2. The lowest BCUT2D eigenvalue weighted by atomic mass is 10.2. The summed E-state index contributed by atoms with van der Waals surface area (Å²) in [5.74, 6) is 1.00. The predicted molar refractivity (Wildman–Crippen MR) is 93.0 cm³/mol. The van der Waals surface area contributed by atoms with E-state index in [4.69, 9.17) is 4.98 Å². The Labute approximate surface area is 132 Å². The van der Waals surface area contributed by atoms with E-state index in [-0.39, 0.29) is 0 Å². The first-order valence-corrected chi connectivity index (χ1v) is 8.09. The van der Waals surface area contributed by atoms with Crippen molar-refractivity contribution in [3.8, 4) is 11.3 Å². The smallest absolute Gasteiger partial charge is 0.143 e. The number of aryl methyl sites for hydroxylation is 1. The molecule has 3 heterocycles. The maximum Gasteiger partial charge on any atom is 0.143 e. The number of nitrogens with zero attached hydrogens (tertiary/aromatic N) is 2. The maximum absolute atomic E-state index is 4.79. The molecule has 1 N–H and O–H groups in total. The molecule has 0 atom stereocenters. The van der Waals surface area contributed by atoms with Gasteiger partial charge >= 0.3 is 0 Å². The molecular weight excluding hydrogens is 290 g/mol. The van der Waals surface area contributed by atoms with Crippen molar-refractivity contribution in [2.45, 2.75) is 6.92 Å². The molecule has 0 amide bonds. The van der Waals surface area contributed by atoms with Crippen LogP contribution in [0, 0.1) is 6.92 Å². The van der Waals surface area contributed by atoms with Crippen LogP contribution < -0.4 is 5.32 Å². The summed E-state index contributed by atoms with van der Waals surface area (Å²) in [6, 6.07) is 16.5. The van der Waals surface area contributed by atoms with Gasteiger partial charge in [-0.1, -0.05) is 24.3 Å². The second kappa shape index (κ2) is 5.31. The van der Waals surface area contributed by atoms with Crippen LogP contribution in [0.2, 0.25) is 0 Å². The quantitative estimate of drug-likeness (QED) is 0.569. The minimum atomic E-state index is 0.944. The highest BCUT2D eigenvalue weighted by Crippen LogP contribution is 2.32. The van der Waals surface area contributed by atoms with Crippen LogP contribution in [0.1, 0.15) is 5.56 Å². The average Bonchev–Trinajstić information content (AvgIpc) is 3.17. The molecule has 0 aliphatic carbocycles. The lowest BCUT2D eigenvalue weighted by Gasteiger charge is -2.10. The Morgan fingerprint density at radius 3 is 2.73 bits per heavy atom. The van der Waals surface area contributed by atoms with Gasteiger partial charge in [-0.2, -0.15) is 11.3 Å². The zero-order valence-corrected chi connectivity index (χ0v) is 13.0. The van der Waals surface area contributed by atoms with Crippen molar-refractivity contribution in [1.29, 1.82) is 0 Å². The maximum atomic E-state index is 4.79. The zero-order valence-electron chi connectivity index (χ0n) is 12.2. The number of anilines is 2. The molecule has 3 nitrogen and oxygen atoms in total. The number of rotatable bonds is 3. The molecule has 0 fully saturated rings. The second-order valence-electron chi connectivity index (χ2n) is 5.19. The van der Waals surface area contributed by atoms with Crippen LogP contribution in [0.25, 0.3) is 16.9 Å². The fraction of sp³-hybridized carbons (Fsp3) is 0.0556. The number of hydrogen-bond donors (Lipinski definition) is 1. The number of benzene rings is 1. The normalized spacial score (nSPS) is 11.0. The lowest BCUT2D eigenvalue weighted by Crippen LogP contribution is -1.98. The van der Waals surface area contributed by atoms with Gasteiger partial charge in [0.05, 0.1) is 0 Å². The summed E-state index contributed by atoms with van der Waals surface area (Å²) in [5, 5.41) is 7.77. The SMILES string of the molecule is Cc1ccccc1Nc1c(-c2ccsc2)nc2ccccn12. The highest BCUT2D eigenvalue weighted by atomic mass is 32.1. The summed E-state index contributed by atoms with van der Waals surface area (Å²) in [7, 11) is 0. The average molecular weight is 305 g/mol. The molecule has 4 heteroatoms. The molecule has 0 spiro atoms. The first-order chi connectivity index (χ1) is 10.8. The molecule has 1 aromatic carbocycles. The van der Waals surface area contributed by atoms with Crippen LogP contribution >= 0.6 is 11.3 Å². The number of para-hydroxylation sites is 1. The van der Waals surface area contributed by atoms with Crippen LogP contribution in [0.15, 0.2) is 65.5 Å². The fourth-order valence-corrected chi connectivity index (χ4v) is 3.20. The third-order valence-corrected chi connectivity index (χ3v) is 4.41. The Kier molecular flexibility index (Phi) is 3.16. The van der Waals surface area contributed by atoms with E-state index in [0.29, 0.717) is 0 Å². The van der Waals surface area contributed by atoms with Gasteiger partial charge < -0.3 is 5.32 Å². The van der Waals surface area contributed by atoms with Crippen molar-refractivity contribution < 1.29 is 0 Å². The molecule has 3 aromatic heterocycles. The molecule has 0 saturated carbocycles. The molecule has 0 aliphatic heterocycles. The summed E-state index contributed by atoms with van der Waals surface area (Å²) in [4.78, 5) is 4.79. The van der Waals surface area contributed by atoms with Crippen molar-refractivity contribution >= 4 is 28.5 Å². The van der Waals surface area contributed by atoms with Gasteiger partial charge in [0, 0.05) is 22.8 Å². The topological polar surface area (TPSA) is 29.3 Å². The number of thiophene rings is 1. The Balaban J connectivity index is 1.91. The van der Waals surface area contributed by atoms with E-state index in [9.17, 15) is 0 Å². The molecule has 0 unspecified atom stereocenters. The minimum Gasteiger partial charge on any atom is -0.339 e. The van der Waals surface area contributed by atoms with E-state index in [0.717, 1.165) is 28.4 Å². The number of fused-ring (bicyclic) bond motifs is 1. The van der Waals surface area contributed by atoms with Gasteiger partial charge in [0.25, 0.3) is 0 Å². The van der Waals surface area contributed by atoms with Crippen molar-refractivity contribution in [3.05, 3.63) is 71.1 Å². The molecule has 0 radical (unpaired) electrons. The first kappa shape index (κ1) is 13.1. The monoisotopic (exact) mass is 305 g/mol. The fourth-order valence-electron chi connectivity index (χ4n) is 2.56. The van der Waals surface area contributed by atoms with Crippen LogP contribution in [0.4, 0.5) is 11.5 Å². The van der Waals surface area contributed by atoms with Gasteiger partial charge in [-0.05, 0) is 42.1 Å². The Bertz CT molecular complexity index is 923. The molecule has 0 bridgehead atoms. The van der Waals surface area contributed by atoms with E-state index in [1.54, 1.807) is 11.3 Å². The molecular formula is C18H15N3S.